The summed E-state index contributed by atoms with van der Waals surface area (Å²) in [6.07, 6.45) is 6.20. The molecule has 4 heteroatoms. The van der Waals surface area contributed by atoms with E-state index in [1.54, 1.807) is 6.20 Å². The molecule has 1 aliphatic carbocycles. The molecule has 3 rings (SSSR count). The Labute approximate surface area is 118 Å². The van der Waals surface area contributed by atoms with E-state index >= 15 is 0 Å². The normalized spacial score (nSPS) is 13.3. The molecule has 100 valence electrons. The second kappa shape index (κ2) is 5.70. The summed E-state index contributed by atoms with van der Waals surface area (Å²) in [5.74, 6) is 0.679. The molecule has 2 aromatic heterocycles. The molecule has 0 atom stereocenters. The van der Waals surface area contributed by atoms with Gasteiger partial charge < -0.3 is 5.32 Å². The van der Waals surface area contributed by atoms with Gasteiger partial charge in [-0.15, -0.1) is 0 Å². The fourth-order valence-electron chi connectivity index (χ4n) is 2.53. The quantitative estimate of drug-likeness (QED) is 0.926. The molecule has 1 N–H and O–H groups in total. The second-order valence-corrected chi connectivity index (χ2v) is 4.98. The van der Waals surface area contributed by atoms with Crippen molar-refractivity contribution in [2.45, 2.75) is 32.2 Å². The van der Waals surface area contributed by atoms with Gasteiger partial charge in [-0.2, -0.15) is 5.26 Å². The Morgan fingerprint density at radius 3 is 2.95 bits per heavy atom. The van der Waals surface area contributed by atoms with E-state index in [4.69, 9.17) is 0 Å². The van der Waals surface area contributed by atoms with Gasteiger partial charge in [0.05, 0.1) is 17.8 Å². The van der Waals surface area contributed by atoms with Crippen molar-refractivity contribution in [3.05, 3.63) is 53.0 Å². The van der Waals surface area contributed by atoms with E-state index in [1.807, 2.05) is 24.3 Å². The number of rotatable bonds is 3. The molecule has 20 heavy (non-hydrogen) atoms. The van der Waals surface area contributed by atoms with Crippen LogP contribution in [-0.4, -0.2) is 9.97 Å². The van der Waals surface area contributed by atoms with Gasteiger partial charge in [-0.25, -0.2) is 4.98 Å². The first-order valence-electron chi connectivity index (χ1n) is 6.93. The first kappa shape index (κ1) is 12.6. The van der Waals surface area contributed by atoms with Crippen LogP contribution in [0.4, 0.5) is 5.82 Å². The van der Waals surface area contributed by atoms with Gasteiger partial charge in [-0.05, 0) is 49.4 Å². The van der Waals surface area contributed by atoms with E-state index in [0.29, 0.717) is 17.9 Å². The van der Waals surface area contributed by atoms with Gasteiger partial charge in [-0.1, -0.05) is 6.07 Å². The standard InChI is InChI=1S/C16H16N4/c17-10-13-9-12-5-1-2-7-15(12)20-16(13)19-11-14-6-3-4-8-18-14/h3-4,6,8-9H,1-2,5,7,11H2,(H,19,20). The highest BCUT2D eigenvalue weighted by Crippen LogP contribution is 2.24. The maximum absolute atomic E-state index is 9.27. The monoisotopic (exact) mass is 264 g/mol. The Morgan fingerprint density at radius 1 is 1.25 bits per heavy atom. The Hall–Kier alpha value is -2.41. The van der Waals surface area contributed by atoms with E-state index in [2.05, 4.69) is 21.4 Å². The predicted octanol–water partition coefficient (Wildman–Crippen LogP) is 2.84. The zero-order valence-electron chi connectivity index (χ0n) is 11.3. The smallest absolute Gasteiger partial charge is 0.144 e. The highest BCUT2D eigenvalue weighted by atomic mass is 15.0. The van der Waals surface area contributed by atoms with Crippen LogP contribution in [0, 0.1) is 11.3 Å². The maximum atomic E-state index is 9.27. The lowest BCUT2D eigenvalue weighted by atomic mass is 9.95. The lowest BCUT2D eigenvalue weighted by molar-refractivity contribution is 0.668. The van der Waals surface area contributed by atoms with Crippen LogP contribution in [0.3, 0.4) is 0 Å². The van der Waals surface area contributed by atoms with Crippen LogP contribution in [0.2, 0.25) is 0 Å². The predicted molar refractivity (Wildman–Crippen MR) is 77.2 cm³/mol. The van der Waals surface area contributed by atoms with E-state index in [-0.39, 0.29) is 0 Å². The molecule has 0 saturated heterocycles. The number of nitrogens with zero attached hydrogens (tertiary/aromatic N) is 3. The van der Waals surface area contributed by atoms with Crippen LogP contribution >= 0.6 is 0 Å². The molecule has 0 aromatic carbocycles. The number of hydrogen-bond donors (Lipinski definition) is 1. The Bertz CT molecular complexity index is 644. The lowest BCUT2D eigenvalue weighted by Crippen LogP contribution is -2.11. The average Bonchev–Trinajstić information content (AvgIpc) is 2.53. The summed E-state index contributed by atoms with van der Waals surface area (Å²) < 4.78 is 0. The molecular weight excluding hydrogens is 248 g/mol. The van der Waals surface area contributed by atoms with Crippen molar-refractivity contribution >= 4 is 5.82 Å². The van der Waals surface area contributed by atoms with Gasteiger partial charge in [0.15, 0.2) is 0 Å². The molecule has 1 aliphatic rings. The summed E-state index contributed by atoms with van der Waals surface area (Å²) in [6.45, 7) is 0.585. The van der Waals surface area contributed by atoms with Crippen LogP contribution in [0.5, 0.6) is 0 Å². The Balaban J connectivity index is 1.83. The molecule has 2 aromatic rings. The fourth-order valence-corrected chi connectivity index (χ4v) is 2.53. The largest absolute Gasteiger partial charge is 0.363 e. The molecule has 0 bridgehead atoms. The van der Waals surface area contributed by atoms with Crippen molar-refractivity contribution in [3.63, 3.8) is 0 Å². The molecule has 2 heterocycles. The van der Waals surface area contributed by atoms with Crippen molar-refractivity contribution in [3.8, 4) is 6.07 Å². The minimum absolute atomic E-state index is 0.585. The number of anilines is 1. The number of aryl methyl sites for hydroxylation is 2. The molecule has 0 saturated carbocycles. The van der Waals surface area contributed by atoms with Crippen LogP contribution in [0.1, 0.15) is 35.4 Å². The van der Waals surface area contributed by atoms with Crippen molar-refractivity contribution < 1.29 is 0 Å². The van der Waals surface area contributed by atoms with Crippen molar-refractivity contribution in [1.82, 2.24) is 9.97 Å². The maximum Gasteiger partial charge on any atom is 0.144 e. The summed E-state index contributed by atoms with van der Waals surface area (Å²) in [5.41, 5.74) is 3.94. The molecular formula is C16H16N4. The molecule has 0 spiro atoms. The highest BCUT2D eigenvalue weighted by Gasteiger charge is 2.14. The molecule has 0 aliphatic heterocycles. The first-order valence-corrected chi connectivity index (χ1v) is 6.93. The summed E-state index contributed by atoms with van der Waals surface area (Å²) in [6, 6.07) is 10.0. The number of nitriles is 1. The Morgan fingerprint density at radius 2 is 2.15 bits per heavy atom. The molecule has 0 amide bonds. The van der Waals surface area contributed by atoms with Crippen LogP contribution < -0.4 is 5.32 Å². The summed E-state index contributed by atoms with van der Waals surface area (Å²) in [5, 5.41) is 12.5. The number of nitrogens with one attached hydrogen (secondary N) is 1. The number of pyridine rings is 2. The average molecular weight is 264 g/mol. The summed E-state index contributed by atoms with van der Waals surface area (Å²) >= 11 is 0. The number of fused-ring (bicyclic) bond motifs is 1. The van der Waals surface area contributed by atoms with Gasteiger partial charge in [0.1, 0.15) is 11.9 Å². The van der Waals surface area contributed by atoms with Crippen molar-refractivity contribution in [2.75, 3.05) is 5.32 Å². The topological polar surface area (TPSA) is 61.6 Å². The van der Waals surface area contributed by atoms with Crippen molar-refractivity contribution in [2.24, 2.45) is 0 Å². The SMILES string of the molecule is N#Cc1cc2c(nc1NCc1ccccn1)CCCC2. The highest BCUT2D eigenvalue weighted by molar-refractivity contribution is 5.54. The van der Waals surface area contributed by atoms with Crippen LogP contribution in [0.15, 0.2) is 30.5 Å². The van der Waals surface area contributed by atoms with E-state index in [9.17, 15) is 5.26 Å². The van der Waals surface area contributed by atoms with Gasteiger partial charge in [0.25, 0.3) is 0 Å². The fraction of sp³-hybridized carbons (Fsp3) is 0.312. The summed E-state index contributed by atoms with van der Waals surface area (Å²) in [7, 11) is 0. The third-order valence-corrected chi connectivity index (χ3v) is 3.58. The van der Waals surface area contributed by atoms with Gasteiger partial charge in [0, 0.05) is 11.9 Å². The second-order valence-electron chi connectivity index (χ2n) is 4.98. The zero-order chi connectivity index (χ0) is 13.8. The molecule has 0 radical (unpaired) electrons. The third-order valence-electron chi connectivity index (χ3n) is 3.58. The molecule has 0 fully saturated rings. The lowest BCUT2D eigenvalue weighted by Gasteiger charge is -2.17. The minimum atomic E-state index is 0.585. The van der Waals surface area contributed by atoms with Crippen LogP contribution in [-0.2, 0) is 19.4 Å². The minimum Gasteiger partial charge on any atom is -0.363 e. The van der Waals surface area contributed by atoms with Gasteiger partial charge in [-0.3, -0.25) is 4.98 Å². The van der Waals surface area contributed by atoms with Gasteiger partial charge >= 0.3 is 0 Å². The number of hydrogen-bond acceptors (Lipinski definition) is 4. The van der Waals surface area contributed by atoms with Crippen LogP contribution in [0.25, 0.3) is 0 Å². The van der Waals surface area contributed by atoms with Crippen molar-refractivity contribution in [1.29, 1.82) is 5.26 Å². The molecule has 0 unspecified atom stereocenters. The van der Waals surface area contributed by atoms with Gasteiger partial charge in [0.2, 0.25) is 0 Å². The molecule has 4 nitrogen and oxygen atoms in total. The Kier molecular flexibility index (Phi) is 3.60. The van der Waals surface area contributed by atoms with E-state index < -0.39 is 0 Å². The third kappa shape index (κ3) is 2.62. The summed E-state index contributed by atoms with van der Waals surface area (Å²) in [4.78, 5) is 8.90. The number of aromatic nitrogens is 2. The first-order chi connectivity index (χ1) is 9.86. The van der Waals surface area contributed by atoms with E-state index in [0.717, 1.165) is 24.2 Å². The zero-order valence-corrected chi connectivity index (χ0v) is 11.3. The van der Waals surface area contributed by atoms with E-state index in [1.165, 1.54) is 18.4 Å².